The van der Waals surface area contributed by atoms with Gasteiger partial charge in [-0.3, -0.25) is 0 Å². The van der Waals surface area contributed by atoms with Crippen molar-refractivity contribution in [2.75, 3.05) is 26.2 Å². The Balaban J connectivity index is 1.97. The summed E-state index contributed by atoms with van der Waals surface area (Å²) in [6.07, 6.45) is 3.94. The Morgan fingerprint density at radius 2 is 1.88 bits per heavy atom. The minimum Gasteiger partial charge on any atom is -0.309 e. The lowest BCUT2D eigenvalue weighted by molar-refractivity contribution is 0.292. The van der Waals surface area contributed by atoms with Crippen LogP contribution in [0.1, 0.15) is 37.8 Å². The number of hydrogen-bond donors (Lipinski definition) is 1. The molecule has 2 rings (SSSR count). The van der Waals surface area contributed by atoms with Crippen LogP contribution in [-0.4, -0.2) is 31.1 Å². The van der Waals surface area contributed by atoms with Gasteiger partial charge in [0.05, 0.1) is 0 Å². The Bertz CT molecular complexity index is 304. The normalized spacial score (nSPS) is 18.4. The predicted molar refractivity (Wildman–Crippen MR) is 73.2 cm³/mol. The van der Waals surface area contributed by atoms with E-state index in [1.165, 1.54) is 37.9 Å². The second-order valence-corrected chi connectivity index (χ2v) is 4.93. The second kappa shape index (κ2) is 6.77. The van der Waals surface area contributed by atoms with Crippen molar-refractivity contribution < 1.29 is 0 Å². The first-order valence-electron chi connectivity index (χ1n) is 6.91. The highest BCUT2D eigenvalue weighted by molar-refractivity contribution is 5.19. The molecule has 2 heteroatoms. The fraction of sp³-hybridized carbons (Fsp3) is 0.600. The van der Waals surface area contributed by atoms with Gasteiger partial charge in [-0.25, -0.2) is 0 Å². The highest BCUT2D eigenvalue weighted by Gasteiger charge is 2.17. The number of benzene rings is 1. The summed E-state index contributed by atoms with van der Waals surface area (Å²) >= 11 is 0. The average Bonchev–Trinajstić information content (AvgIpc) is 2.88. The monoisotopic (exact) mass is 232 g/mol. The highest BCUT2D eigenvalue weighted by atomic mass is 15.2. The molecule has 1 fully saturated rings. The summed E-state index contributed by atoms with van der Waals surface area (Å²) in [4.78, 5) is 2.58. The lowest BCUT2D eigenvalue weighted by Gasteiger charge is -2.24. The molecular weight excluding hydrogens is 208 g/mol. The molecule has 1 heterocycles. The molecule has 1 N–H and O–H groups in total. The van der Waals surface area contributed by atoms with Gasteiger partial charge < -0.3 is 10.2 Å². The van der Waals surface area contributed by atoms with E-state index >= 15 is 0 Å². The van der Waals surface area contributed by atoms with Crippen LogP contribution in [0.5, 0.6) is 0 Å². The third-order valence-corrected chi connectivity index (χ3v) is 3.48. The van der Waals surface area contributed by atoms with Crippen LogP contribution in [0.25, 0.3) is 0 Å². The smallest absolute Gasteiger partial charge is 0.0449 e. The van der Waals surface area contributed by atoms with Crippen molar-refractivity contribution in [3.8, 4) is 0 Å². The molecule has 1 aromatic carbocycles. The molecule has 17 heavy (non-hydrogen) atoms. The van der Waals surface area contributed by atoms with E-state index in [-0.39, 0.29) is 0 Å². The van der Waals surface area contributed by atoms with Gasteiger partial charge in [-0.05, 0) is 44.5 Å². The first-order chi connectivity index (χ1) is 8.40. The van der Waals surface area contributed by atoms with Crippen molar-refractivity contribution in [1.29, 1.82) is 0 Å². The van der Waals surface area contributed by atoms with E-state index in [0.717, 1.165) is 13.1 Å². The molecular formula is C15H24N2. The average molecular weight is 232 g/mol. The zero-order chi connectivity index (χ0) is 11.9. The Kier molecular flexibility index (Phi) is 5.02. The fourth-order valence-corrected chi connectivity index (χ4v) is 2.52. The predicted octanol–water partition coefficient (Wildman–Crippen LogP) is 2.82. The summed E-state index contributed by atoms with van der Waals surface area (Å²) in [5, 5.41) is 3.67. The van der Waals surface area contributed by atoms with Gasteiger partial charge in [0.25, 0.3) is 0 Å². The zero-order valence-electron chi connectivity index (χ0n) is 10.9. The topological polar surface area (TPSA) is 15.3 Å². The molecule has 94 valence electrons. The summed E-state index contributed by atoms with van der Waals surface area (Å²) in [7, 11) is 0. The molecule has 1 unspecified atom stereocenters. The molecule has 1 aromatic rings. The number of nitrogens with one attached hydrogen (secondary N) is 1. The Morgan fingerprint density at radius 1 is 1.18 bits per heavy atom. The van der Waals surface area contributed by atoms with Crippen molar-refractivity contribution in [1.82, 2.24) is 10.2 Å². The number of rotatable bonds is 6. The van der Waals surface area contributed by atoms with Crippen molar-refractivity contribution in [3.63, 3.8) is 0 Å². The molecule has 0 bridgehead atoms. The van der Waals surface area contributed by atoms with Crippen LogP contribution in [0.4, 0.5) is 0 Å². The first-order valence-corrected chi connectivity index (χ1v) is 6.91. The standard InChI is InChI=1S/C15H24N2/c1-2-10-16-15(13-17-11-6-7-12-17)14-8-4-3-5-9-14/h3-5,8-9,15-16H,2,6-7,10-13H2,1H3. The summed E-state index contributed by atoms with van der Waals surface area (Å²) < 4.78 is 0. The molecule has 0 saturated carbocycles. The maximum absolute atomic E-state index is 3.67. The largest absolute Gasteiger partial charge is 0.309 e. The van der Waals surface area contributed by atoms with Gasteiger partial charge in [0, 0.05) is 12.6 Å². The molecule has 0 aliphatic carbocycles. The molecule has 2 nitrogen and oxygen atoms in total. The van der Waals surface area contributed by atoms with E-state index in [1.807, 2.05) is 0 Å². The third-order valence-electron chi connectivity index (χ3n) is 3.48. The zero-order valence-corrected chi connectivity index (χ0v) is 10.9. The van der Waals surface area contributed by atoms with Gasteiger partial charge in [0.2, 0.25) is 0 Å². The Hall–Kier alpha value is -0.860. The van der Waals surface area contributed by atoms with Crippen molar-refractivity contribution >= 4 is 0 Å². The molecule has 0 aromatic heterocycles. The van der Waals surface area contributed by atoms with Crippen LogP contribution < -0.4 is 5.32 Å². The van der Waals surface area contributed by atoms with E-state index in [0.29, 0.717) is 6.04 Å². The second-order valence-electron chi connectivity index (χ2n) is 4.93. The SMILES string of the molecule is CCCNC(CN1CCCC1)c1ccccc1. The lowest BCUT2D eigenvalue weighted by atomic mass is 10.1. The number of nitrogens with zero attached hydrogens (tertiary/aromatic N) is 1. The Morgan fingerprint density at radius 3 is 2.53 bits per heavy atom. The third kappa shape index (κ3) is 3.83. The summed E-state index contributed by atoms with van der Waals surface area (Å²) in [5.74, 6) is 0. The van der Waals surface area contributed by atoms with Gasteiger partial charge in [-0.2, -0.15) is 0 Å². The van der Waals surface area contributed by atoms with E-state index in [2.05, 4.69) is 47.5 Å². The lowest BCUT2D eigenvalue weighted by Crippen LogP contribution is -2.34. The number of hydrogen-bond acceptors (Lipinski definition) is 2. The first kappa shape index (κ1) is 12.6. The van der Waals surface area contributed by atoms with Gasteiger partial charge in [-0.15, -0.1) is 0 Å². The van der Waals surface area contributed by atoms with E-state index in [4.69, 9.17) is 0 Å². The van der Waals surface area contributed by atoms with Gasteiger partial charge in [0.15, 0.2) is 0 Å². The highest BCUT2D eigenvalue weighted by Crippen LogP contribution is 2.17. The van der Waals surface area contributed by atoms with E-state index in [1.54, 1.807) is 0 Å². The van der Waals surface area contributed by atoms with E-state index in [9.17, 15) is 0 Å². The van der Waals surface area contributed by atoms with Gasteiger partial charge >= 0.3 is 0 Å². The van der Waals surface area contributed by atoms with Crippen LogP contribution in [-0.2, 0) is 0 Å². The van der Waals surface area contributed by atoms with Crippen molar-refractivity contribution in [3.05, 3.63) is 35.9 Å². The van der Waals surface area contributed by atoms with Crippen molar-refractivity contribution in [2.24, 2.45) is 0 Å². The molecule has 0 radical (unpaired) electrons. The van der Waals surface area contributed by atoms with Crippen LogP contribution in [0, 0.1) is 0 Å². The number of likely N-dealkylation sites (tertiary alicyclic amines) is 1. The van der Waals surface area contributed by atoms with Gasteiger partial charge in [0.1, 0.15) is 0 Å². The molecule has 1 aliphatic rings. The summed E-state index contributed by atoms with van der Waals surface area (Å²) in [6.45, 7) is 7.04. The fourth-order valence-electron chi connectivity index (χ4n) is 2.52. The molecule has 1 saturated heterocycles. The van der Waals surface area contributed by atoms with Crippen LogP contribution >= 0.6 is 0 Å². The Labute approximate surface area is 105 Å². The van der Waals surface area contributed by atoms with Gasteiger partial charge in [-0.1, -0.05) is 37.3 Å². The van der Waals surface area contributed by atoms with Crippen LogP contribution in [0.3, 0.4) is 0 Å². The molecule has 1 aliphatic heterocycles. The maximum Gasteiger partial charge on any atom is 0.0449 e. The van der Waals surface area contributed by atoms with Crippen LogP contribution in [0.15, 0.2) is 30.3 Å². The molecule has 0 spiro atoms. The summed E-state index contributed by atoms with van der Waals surface area (Å²) in [5.41, 5.74) is 1.42. The molecule has 0 amide bonds. The van der Waals surface area contributed by atoms with Crippen LogP contribution in [0.2, 0.25) is 0 Å². The molecule has 1 atom stereocenters. The summed E-state index contributed by atoms with van der Waals surface area (Å²) in [6, 6.07) is 11.3. The van der Waals surface area contributed by atoms with E-state index < -0.39 is 0 Å². The minimum absolute atomic E-state index is 0.495. The quantitative estimate of drug-likeness (QED) is 0.811. The maximum atomic E-state index is 3.67. The minimum atomic E-state index is 0.495. The van der Waals surface area contributed by atoms with Crippen molar-refractivity contribution in [2.45, 2.75) is 32.2 Å².